The van der Waals surface area contributed by atoms with E-state index in [-0.39, 0.29) is 0 Å². The van der Waals surface area contributed by atoms with Crippen LogP contribution in [0.3, 0.4) is 0 Å². The number of hydrogen-bond acceptors (Lipinski definition) is 5. The second-order valence-corrected chi connectivity index (χ2v) is 5.45. The Morgan fingerprint density at radius 2 is 2.00 bits per heavy atom. The molecule has 2 rings (SSSR count). The molecule has 1 fully saturated rings. The molecule has 2 unspecified atom stereocenters. The molecular weight excluding hydrogens is 238 g/mol. The molecule has 1 heterocycles. The maximum atomic E-state index is 5.49. The number of nitrogens with two attached hydrogens (primary N) is 1. The van der Waals surface area contributed by atoms with E-state index in [9.17, 15) is 0 Å². The van der Waals surface area contributed by atoms with Gasteiger partial charge in [0.05, 0.1) is 0 Å². The van der Waals surface area contributed by atoms with Gasteiger partial charge in [0.15, 0.2) is 0 Å². The molecule has 0 spiro atoms. The smallest absolute Gasteiger partial charge is 0.148 e. The number of anilines is 2. The highest BCUT2D eigenvalue weighted by Gasteiger charge is 2.21. The van der Waals surface area contributed by atoms with Crippen molar-refractivity contribution in [2.75, 3.05) is 17.3 Å². The lowest BCUT2D eigenvalue weighted by Crippen LogP contribution is -2.25. The van der Waals surface area contributed by atoms with E-state index in [4.69, 9.17) is 5.84 Å². The summed E-state index contributed by atoms with van der Waals surface area (Å²) in [4.78, 5) is 8.50. The van der Waals surface area contributed by atoms with Crippen molar-refractivity contribution in [2.45, 2.75) is 46.0 Å². The van der Waals surface area contributed by atoms with Gasteiger partial charge in [-0.1, -0.05) is 33.1 Å². The molecule has 4 N–H and O–H groups in total. The fraction of sp³-hybridized carbons (Fsp3) is 0.714. The molecule has 1 aromatic heterocycles. The predicted octanol–water partition coefficient (Wildman–Crippen LogP) is 2.56. The summed E-state index contributed by atoms with van der Waals surface area (Å²) < 4.78 is 0. The molecule has 106 valence electrons. The van der Waals surface area contributed by atoms with Crippen molar-refractivity contribution in [3.05, 3.63) is 11.9 Å². The Labute approximate surface area is 115 Å². The van der Waals surface area contributed by atoms with E-state index in [1.54, 1.807) is 6.33 Å². The van der Waals surface area contributed by atoms with E-state index in [0.29, 0.717) is 0 Å². The molecule has 19 heavy (non-hydrogen) atoms. The predicted molar refractivity (Wildman–Crippen MR) is 78.8 cm³/mol. The average molecular weight is 263 g/mol. The Kier molecular flexibility index (Phi) is 4.96. The third-order valence-electron chi connectivity index (χ3n) is 4.26. The van der Waals surface area contributed by atoms with E-state index in [1.807, 2.05) is 0 Å². The van der Waals surface area contributed by atoms with Gasteiger partial charge in [-0.25, -0.2) is 15.8 Å². The fourth-order valence-corrected chi connectivity index (χ4v) is 2.95. The van der Waals surface area contributed by atoms with Crippen LogP contribution in [0.25, 0.3) is 0 Å². The zero-order chi connectivity index (χ0) is 13.7. The Hall–Kier alpha value is -1.36. The summed E-state index contributed by atoms with van der Waals surface area (Å²) in [5.74, 6) is 8.69. The maximum absolute atomic E-state index is 5.49. The van der Waals surface area contributed by atoms with Crippen LogP contribution >= 0.6 is 0 Å². The standard InChI is InChI=1S/C14H25N5/c1-3-12-13(17-9-18-14(12)19-15)16-8-11-7-5-4-6-10(11)2/h9-11H,3-8,15H2,1-2H3,(H2,16,17,18,19). The van der Waals surface area contributed by atoms with E-state index < -0.39 is 0 Å². The summed E-state index contributed by atoms with van der Waals surface area (Å²) in [5.41, 5.74) is 3.71. The van der Waals surface area contributed by atoms with Gasteiger partial charge in [0.25, 0.3) is 0 Å². The van der Waals surface area contributed by atoms with Gasteiger partial charge in [-0.05, 0) is 24.7 Å². The second-order valence-electron chi connectivity index (χ2n) is 5.45. The third kappa shape index (κ3) is 3.35. The van der Waals surface area contributed by atoms with E-state index >= 15 is 0 Å². The van der Waals surface area contributed by atoms with Crippen molar-refractivity contribution in [1.82, 2.24) is 9.97 Å². The molecule has 1 aliphatic carbocycles. The average Bonchev–Trinajstić information content (AvgIpc) is 2.45. The van der Waals surface area contributed by atoms with Gasteiger partial charge in [-0.2, -0.15) is 0 Å². The molecule has 1 aromatic rings. The highest BCUT2D eigenvalue weighted by Crippen LogP contribution is 2.30. The summed E-state index contributed by atoms with van der Waals surface area (Å²) in [6.45, 7) is 5.45. The minimum atomic E-state index is 0.719. The van der Waals surface area contributed by atoms with Gasteiger partial charge in [0.1, 0.15) is 18.0 Å². The minimum Gasteiger partial charge on any atom is -0.369 e. The van der Waals surface area contributed by atoms with Crippen LogP contribution in [-0.2, 0) is 6.42 Å². The molecule has 0 radical (unpaired) electrons. The van der Waals surface area contributed by atoms with Gasteiger partial charge in [0, 0.05) is 12.1 Å². The zero-order valence-corrected chi connectivity index (χ0v) is 11.9. The van der Waals surface area contributed by atoms with Crippen molar-refractivity contribution < 1.29 is 0 Å². The molecule has 0 bridgehead atoms. The molecule has 5 heteroatoms. The molecule has 0 aromatic carbocycles. The number of nitrogen functional groups attached to an aromatic ring is 1. The van der Waals surface area contributed by atoms with Crippen molar-refractivity contribution in [3.8, 4) is 0 Å². The van der Waals surface area contributed by atoms with Crippen molar-refractivity contribution >= 4 is 11.6 Å². The van der Waals surface area contributed by atoms with Gasteiger partial charge in [-0.15, -0.1) is 0 Å². The van der Waals surface area contributed by atoms with Gasteiger partial charge >= 0.3 is 0 Å². The van der Waals surface area contributed by atoms with Crippen LogP contribution < -0.4 is 16.6 Å². The van der Waals surface area contributed by atoms with Crippen LogP contribution in [0.2, 0.25) is 0 Å². The summed E-state index contributed by atoms with van der Waals surface area (Å²) >= 11 is 0. The van der Waals surface area contributed by atoms with Crippen LogP contribution in [0.4, 0.5) is 11.6 Å². The first-order valence-corrected chi connectivity index (χ1v) is 7.30. The Morgan fingerprint density at radius 3 is 2.68 bits per heavy atom. The van der Waals surface area contributed by atoms with Gasteiger partial charge in [0.2, 0.25) is 0 Å². The van der Waals surface area contributed by atoms with E-state index in [0.717, 1.165) is 42.0 Å². The molecular formula is C14H25N5. The number of hydrogen-bond donors (Lipinski definition) is 3. The maximum Gasteiger partial charge on any atom is 0.148 e. The Bertz CT molecular complexity index is 407. The number of aromatic nitrogens is 2. The molecule has 1 saturated carbocycles. The molecule has 5 nitrogen and oxygen atoms in total. The summed E-state index contributed by atoms with van der Waals surface area (Å²) in [7, 11) is 0. The van der Waals surface area contributed by atoms with E-state index in [2.05, 4.69) is 34.6 Å². The lowest BCUT2D eigenvalue weighted by molar-refractivity contribution is 0.268. The van der Waals surface area contributed by atoms with Gasteiger partial charge in [-0.3, -0.25) is 0 Å². The summed E-state index contributed by atoms with van der Waals surface area (Å²) in [5, 5.41) is 3.49. The number of nitrogens with one attached hydrogen (secondary N) is 2. The SMILES string of the molecule is CCc1c(NN)ncnc1NCC1CCCCC1C. The zero-order valence-electron chi connectivity index (χ0n) is 11.9. The van der Waals surface area contributed by atoms with Crippen LogP contribution in [0.15, 0.2) is 6.33 Å². The summed E-state index contributed by atoms with van der Waals surface area (Å²) in [6.07, 6.45) is 7.84. The molecule has 2 atom stereocenters. The first kappa shape index (κ1) is 14.1. The number of hydrazine groups is 1. The van der Waals surface area contributed by atoms with Crippen LogP contribution in [0.1, 0.15) is 45.1 Å². The second kappa shape index (κ2) is 6.70. The van der Waals surface area contributed by atoms with E-state index in [1.165, 1.54) is 25.7 Å². The fourth-order valence-electron chi connectivity index (χ4n) is 2.95. The normalized spacial score (nSPS) is 23.1. The highest BCUT2D eigenvalue weighted by molar-refractivity contribution is 5.56. The van der Waals surface area contributed by atoms with Gasteiger partial charge < -0.3 is 10.7 Å². The Balaban J connectivity index is 2.02. The molecule has 0 saturated heterocycles. The molecule has 1 aliphatic rings. The quantitative estimate of drug-likeness (QED) is 0.562. The molecule has 0 aliphatic heterocycles. The van der Waals surface area contributed by atoms with Crippen molar-refractivity contribution in [3.63, 3.8) is 0 Å². The van der Waals surface area contributed by atoms with Crippen molar-refractivity contribution in [2.24, 2.45) is 17.7 Å². The van der Waals surface area contributed by atoms with Crippen LogP contribution in [-0.4, -0.2) is 16.5 Å². The van der Waals surface area contributed by atoms with Crippen LogP contribution in [0.5, 0.6) is 0 Å². The topological polar surface area (TPSA) is 75.9 Å². The lowest BCUT2D eigenvalue weighted by Gasteiger charge is -2.29. The largest absolute Gasteiger partial charge is 0.369 e. The summed E-state index contributed by atoms with van der Waals surface area (Å²) in [6, 6.07) is 0. The lowest BCUT2D eigenvalue weighted by atomic mass is 9.80. The molecule has 0 amide bonds. The number of nitrogens with zero attached hydrogens (tertiary/aromatic N) is 2. The highest BCUT2D eigenvalue weighted by atomic mass is 15.3. The first-order valence-electron chi connectivity index (χ1n) is 7.30. The van der Waals surface area contributed by atoms with Crippen molar-refractivity contribution in [1.29, 1.82) is 0 Å². The van der Waals surface area contributed by atoms with Crippen LogP contribution in [0, 0.1) is 11.8 Å². The number of rotatable bonds is 5. The minimum absolute atomic E-state index is 0.719. The first-order chi connectivity index (χ1) is 9.26. The monoisotopic (exact) mass is 263 g/mol. The third-order valence-corrected chi connectivity index (χ3v) is 4.26. The Morgan fingerprint density at radius 1 is 1.26 bits per heavy atom.